The van der Waals surface area contributed by atoms with Crippen LogP contribution in [-0.2, 0) is 32.6 Å². The van der Waals surface area contributed by atoms with Crippen LogP contribution in [0.25, 0.3) is 0 Å². The predicted molar refractivity (Wildman–Crippen MR) is 199 cm³/mol. The van der Waals surface area contributed by atoms with Crippen molar-refractivity contribution >= 4 is 43.5 Å². The van der Waals surface area contributed by atoms with Gasteiger partial charge in [-0.1, -0.05) is 95.4 Å². The Morgan fingerprint density at radius 2 is 1.50 bits per heavy atom. The first-order chi connectivity index (χ1) is 24.1. The van der Waals surface area contributed by atoms with E-state index in [0.717, 1.165) is 57.6 Å². The van der Waals surface area contributed by atoms with E-state index in [9.17, 15) is 18.0 Å². The third-order valence-corrected chi connectivity index (χ3v) is 11.3. The van der Waals surface area contributed by atoms with Crippen molar-refractivity contribution in [1.29, 1.82) is 0 Å². The first-order valence-corrected chi connectivity index (χ1v) is 19.0. The first kappa shape index (κ1) is 36.9. The lowest BCUT2D eigenvalue weighted by Crippen LogP contribution is -2.55. The van der Waals surface area contributed by atoms with Crippen molar-refractivity contribution in [2.45, 2.75) is 69.0 Å². The Hall–Kier alpha value is -4.35. The highest BCUT2D eigenvalue weighted by Crippen LogP contribution is 2.34. The minimum atomic E-state index is -4.27. The van der Waals surface area contributed by atoms with Crippen LogP contribution in [0, 0.1) is 6.92 Å². The number of carbonyl (C=O) groups excluding carboxylic acids is 2. The molecule has 1 aliphatic carbocycles. The van der Waals surface area contributed by atoms with E-state index < -0.39 is 28.5 Å². The van der Waals surface area contributed by atoms with Gasteiger partial charge in [0.2, 0.25) is 11.8 Å². The van der Waals surface area contributed by atoms with E-state index in [-0.39, 0.29) is 35.5 Å². The van der Waals surface area contributed by atoms with Gasteiger partial charge in [-0.25, -0.2) is 8.42 Å². The molecule has 9 nitrogen and oxygen atoms in total. The number of sulfonamides is 1. The van der Waals surface area contributed by atoms with E-state index in [0.29, 0.717) is 11.5 Å². The van der Waals surface area contributed by atoms with Gasteiger partial charge < -0.3 is 19.7 Å². The molecule has 2 amide bonds. The number of carbonyl (C=O) groups is 2. The van der Waals surface area contributed by atoms with Crippen molar-refractivity contribution in [2.75, 3.05) is 25.1 Å². The van der Waals surface area contributed by atoms with E-state index >= 15 is 0 Å². The summed E-state index contributed by atoms with van der Waals surface area (Å²) in [4.78, 5) is 30.7. The SMILES string of the molecule is COc1ccc(N(CC(=O)N(Cc2ccc(Br)cc2)[C@H](Cc2ccccc2)C(=O)NC2CCCCC2)S(=O)(=O)c2ccc(C)cc2)cc1OC. The van der Waals surface area contributed by atoms with Crippen LogP contribution < -0.4 is 19.1 Å². The molecule has 5 rings (SSSR count). The summed E-state index contributed by atoms with van der Waals surface area (Å²) < 4.78 is 41.7. The highest BCUT2D eigenvalue weighted by atomic mass is 79.9. The fourth-order valence-electron chi connectivity index (χ4n) is 6.23. The van der Waals surface area contributed by atoms with Gasteiger partial charge in [0.15, 0.2) is 11.5 Å². The van der Waals surface area contributed by atoms with E-state index in [4.69, 9.17) is 9.47 Å². The van der Waals surface area contributed by atoms with Crippen LogP contribution in [0.15, 0.2) is 106 Å². The van der Waals surface area contributed by atoms with Gasteiger partial charge in [0.05, 0.1) is 24.8 Å². The van der Waals surface area contributed by atoms with Crippen LogP contribution in [0.2, 0.25) is 0 Å². The summed E-state index contributed by atoms with van der Waals surface area (Å²) in [5.74, 6) is -0.0695. The van der Waals surface area contributed by atoms with E-state index in [2.05, 4.69) is 21.2 Å². The number of anilines is 1. The Morgan fingerprint density at radius 1 is 0.840 bits per heavy atom. The quantitative estimate of drug-likeness (QED) is 0.148. The maximum atomic E-state index is 14.8. The highest BCUT2D eigenvalue weighted by molar-refractivity contribution is 9.10. The number of hydrogen-bond acceptors (Lipinski definition) is 6. The Kier molecular flexibility index (Phi) is 12.6. The number of aryl methyl sites for hydroxylation is 1. The summed E-state index contributed by atoms with van der Waals surface area (Å²) in [6.45, 7) is 1.40. The molecule has 4 aromatic rings. The fraction of sp³-hybridized carbons (Fsp3) is 0.333. The smallest absolute Gasteiger partial charge is 0.264 e. The molecule has 1 N–H and O–H groups in total. The van der Waals surface area contributed by atoms with Crippen LogP contribution in [0.3, 0.4) is 0 Å². The second kappa shape index (κ2) is 17.0. The lowest BCUT2D eigenvalue weighted by Gasteiger charge is -2.35. The topological polar surface area (TPSA) is 105 Å². The van der Waals surface area contributed by atoms with Crippen molar-refractivity contribution in [3.05, 3.63) is 118 Å². The third kappa shape index (κ3) is 9.25. The second-order valence-electron chi connectivity index (χ2n) is 12.6. The van der Waals surface area contributed by atoms with Gasteiger partial charge in [0.1, 0.15) is 12.6 Å². The number of amides is 2. The molecule has 1 aliphatic rings. The van der Waals surface area contributed by atoms with E-state index in [1.807, 2.05) is 61.5 Å². The van der Waals surface area contributed by atoms with E-state index in [1.165, 1.54) is 37.3 Å². The molecule has 11 heteroatoms. The van der Waals surface area contributed by atoms with Crippen molar-refractivity contribution in [3.63, 3.8) is 0 Å². The summed E-state index contributed by atoms with van der Waals surface area (Å²) >= 11 is 3.48. The number of rotatable bonds is 14. The Morgan fingerprint density at radius 3 is 2.14 bits per heavy atom. The normalized spacial score (nSPS) is 14.0. The number of benzene rings is 4. The minimum absolute atomic E-state index is 0.0179. The molecular formula is C39H44BrN3O6S. The molecule has 1 fully saturated rings. The summed E-state index contributed by atoms with van der Waals surface area (Å²) in [6.07, 6.45) is 5.22. The average Bonchev–Trinajstić information content (AvgIpc) is 3.13. The molecule has 264 valence electrons. The van der Waals surface area contributed by atoms with Crippen molar-refractivity contribution in [1.82, 2.24) is 10.2 Å². The van der Waals surface area contributed by atoms with Crippen molar-refractivity contribution in [3.8, 4) is 11.5 Å². The standard InChI is InChI=1S/C39H44BrN3O6S/c1-28-14-21-34(22-15-28)50(46,47)43(33-20-23-36(48-2)37(25-33)49-3)27-38(44)42(26-30-16-18-31(40)19-17-30)35(24-29-10-6-4-7-11-29)39(45)41-32-12-8-5-9-13-32/h4,6-7,10-11,14-23,25,32,35H,5,8-9,12-13,24,26-27H2,1-3H3,(H,41,45)/t35-/m1/s1. The summed E-state index contributed by atoms with van der Waals surface area (Å²) in [6, 6.07) is 27.4. The lowest BCUT2D eigenvalue weighted by molar-refractivity contribution is -0.140. The predicted octanol–water partition coefficient (Wildman–Crippen LogP) is 7.06. The maximum Gasteiger partial charge on any atom is 0.264 e. The molecule has 0 bridgehead atoms. The number of methoxy groups -OCH3 is 2. The average molecular weight is 763 g/mol. The zero-order valence-corrected chi connectivity index (χ0v) is 31.1. The van der Waals surface area contributed by atoms with Crippen LogP contribution in [0.5, 0.6) is 11.5 Å². The molecule has 0 aromatic heterocycles. The molecule has 0 heterocycles. The van der Waals surface area contributed by atoms with Gasteiger partial charge >= 0.3 is 0 Å². The molecule has 1 atom stereocenters. The van der Waals surface area contributed by atoms with E-state index in [1.54, 1.807) is 24.3 Å². The molecule has 0 saturated heterocycles. The first-order valence-electron chi connectivity index (χ1n) is 16.8. The van der Waals surface area contributed by atoms with Gasteiger partial charge in [-0.05, 0) is 67.3 Å². The van der Waals surface area contributed by atoms with Crippen LogP contribution >= 0.6 is 15.9 Å². The Bertz CT molecular complexity index is 1850. The number of nitrogens with zero attached hydrogens (tertiary/aromatic N) is 2. The summed E-state index contributed by atoms with van der Waals surface area (Å²) in [5, 5.41) is 3.24. The second-order valence-corrected chi connectivity index (χ2v) is 15.3. The zero-order chi connectivity index (χ0) is 35.7. The van der Waals surface area contributed by atoms with Gasteiger partial charge in [-0.3, -0.25) is 13.9 Å². The highest BCUT2D eigenvalue weighted by Gasteiger charge is 2.35. The molecule has 0 aliphatic heterocycles. The van der Waals surface area contributed by atoms with Crippen LogP contribution in [0.1, 0.15) is 48.8 Å². The monoisotopic (exact) mass is 761 g/mol. The summed E-state index contributed by atoms with van der Waals surface area (Å²) in [7, 11) is -1.31. The zero-order valence-electron chi connectivity index (χ0n) is 28.7. The van der Waals surface area contributed by atoms with Gasteiger partial charge in [-0.2, -0.15) is 0 Å². The van der Waals surface area contributed by atoms with Crippen molar-refractivity contribution < 1.29 is 27.5 Å². The molecule has 0 spiro atoms. The summed E-state index contributed by atoms with van der Waals surface area (Å²) in [5.41, 5.74) is 2.79. The Labute approximate surface area is 303 Å². The third-order valence-electron chi connectivity index (χ3n) is 9.03. The van der Waals surface area contributed by atoms with Crippen molar-refractivity contribution in [2.24, 2.45) is 0 Å². The Balaban J connectivity index is 1.59. The van der Waals surface area contributed by atoms with Gasteiger partial charge in [0.25, 0.3) is 10.0 Å². The lowest BCUT2D eigenvalue weighted by atomic mass is 9.94. The largest absolute Gasteiger partial charge is 0.493 e. The number of halogens is 1. The fourth-order valence-corrected chi connectivity index (χ4v) is 7.90. The molecule has 4 aromatic carbocycles. The maximum absolute atomic E-state index is 14.8. The van der Waals surface area contributed by atoms with Crippen LogP contribution in [-0.4, -0.2) is 58.0 Å². The molecule has 1 saturated carbocycles. The number of ether oxygens (including phenoxy) is 2. The molecule has 0 unspecified atom stereocenters. The number of nitrogens with one attached hydrogen (secondary N) is 1. The minimum Gasteiger partial charge on any atom is -0.493 e. The number of hydrogen-bond donors (Lipinski definition) is 1. The van der Waals surface area contributed by atoms with Gasteiger partial charge in [-0.15, -0.1) is 0 Å². The molecule has 50 heavy (non-hydrogen) atoms. The van der Waals surface area contributed by atoms with Crippen LogP contribution in [0.4, 0.5) is 5.69 Å². The molecular weight excluding hydrogens is 718 g/mol. The molecule has 0 radical (unpaired) electrons. The van der Waals surface area contributed by atoms with Gasteiger partial charge in [0, 0.05) is 29.5 Å².